The number of phenols is 1. The molecule has 0 saturated heterocycles. The highest BCUT2D eigenvalue weighted by atomic mass is 19.1. The van der Waals surface area contributed by atoms with Gasteiger partial charge >= 0.3 is 0 Å². The van der Waals surface area contributed by atoms with Crippen LogP contribution in [0.2, 0.25) is 0 Å². The summed E-state index contributed by atoms with van der Waals surface area (Å²) < 4.78 is 18.5. The summed E-state index contributed by atoms with van der Waals surface area (Å²) in [7, 11) is 0. The van der Waals surface area contributed by atoms with Crippen LogP contribution in [0.3, 0.4) is 0 Å². The predicted molar refractivity (Wildman–Crippen MR) is 74.3 cm³/mol. The van der Waals surface area contributed by atoms with Crippen molar-refractivity contribution in [2.75, 3.05) is 11.9 Å². The summed E-state index contributed by atoms with van der Waals surface area (Å²) in [5.74, 6) is -0.0862. The molecule has 1 aromatic heterocycles. The number of anilines is 1. The number of aromatic nitrogens is 1. The predicted octanol–water partition coefficient (Wildman–Crippen LogP) is 3.33. The number of hydrogen-bond donors (Lipinski definition) is 2. The molecule has 102 valence electrons. The minimum Gasteiger partial charge on any atom is -0.508 e. The number of benzene rings is 2. The maximum absolute atomic E-state index is 13.0. The molecule has 0 saturated carbocycles. The molecular weight excluding hydrogens is 259 g/mol. The van der Waals surface area contributed by atoms with Crippen LogP contribution in [-0.4, -0.2) is 16.6 Å². The fourth-order valence-corrected chi connectivity index (χ4v) is 2.00. The monoisotopic (exact) mass is 272 g/mol. The Labute approximate surface area is 114 Å². The third-order valence-electron chi connectivity index (χ3n) is 2.95. The standard InChI is InChI=1S/C15H13FN2O2/c16-11-4-5-14-13(9-11)18-15(20-14)17-7-6-10-2-1-3-12(19)8-10/h1-5,8-9,19H,6-7H2,(H,17,18). The van der Waals surface area contributed by atoms with Gasteiger partial charge in [-0.15, -0.1) is 0 Å². The molecule has 2 N–H and O–H groups in total. The van der Waals surface area contributed by atoms with Crippen molar-refractivity contribution in [3.8, 4) is 5.75 Å². The number of oxazole rings is 1. The maximum Gasteiger partial charge on any atom is 0.295 e. The zero-order valence-electron chi connectivity index (χ0n) is 10.6. The molecule has 0 spiro atoms. The van der Waals surface area contributed by atoms with Gasteiger partial charge in [-0.2, -0.15) is 4.98 Å². The first-order chi connectivity index (χ1) is 9.70. The Hall–Kier alpha value is -2.56. The highest BCUT2D eigenvalue weighted by molar-refractivity contribution is 5.74. The lowest BCUT2D eigenvalue weighted by Gasteiger charge is -2.02. The summed E-state index contributed by atoms with van der Waals surface area (Å²) >= 11 is 0. The molecule has 3 aromatic rings. The first-order valence-corrected chi connectivity index (χ1v) is 6.28. The summed E-state index contributed by atoms with van der Waals surface area (Å²) in [6.07, 6.45) is 0.724. The number of phenolic OH excluding ortho intramolecular Hbond substituents is 1. The maximum atomic E-state index is 13.0. The van der Waals surface area contributed by atoms with Crippen LogP contribution in [0.5, 0.6) is 5.75 Å². The Morgan fingerprint density at radius 3 is 2.95 bits per heavy atom. The Kier molecular flexibility index (Phi) is 3.25. The molecule has 5 heteroatoms. The molecule has 3 rings (SSSR count). The van der Waals surface area contributed by atoms with E-state index >= 15 is 0 Å². The van der Waals surface area contributed by atoms with Crippen LogP contribution < -0.4 is 5.32 Å². The molecule has 0 aliphatic carbocycles. The highest BCUT2D eigenvalue weighted by Gasteiger charge is 2.06. The normalized spacial score (nSPS) is 10.8. The Bertz CT molecular complexity index is 740. The zero-order chi connectivity index (χ0) is 13.9. The molecule has 0 atom stereocenters. The van der Waals surface area contributed by atoms with Crippen LogP contribution in [0.1, 0.15) is 5.56 Å². The molecule has 0 unspecified atom stereocenters. The van der Waals surface area contributed by atoms with Crippen molar-refractivity contribution in [3.05, 3.63) is 53.8 Å². The number of halogens is 1. The number of nitrogens with zero attached hydrogens (tertiary/aromatic N) is 1. The van der Waals surface area contributed by atoms with Gasteiger partial charge in [-0.1, -0.05) is 12.1 Å². The summed E-state index contributed by atoms with van der Waals surface area (Å²) in [6.45, 7) is 0.610. The smallest absolute Gasteiger partial charge is 0.295 e. The quantitative estimate of drug-likeness (QED) is 0.765. The van der Waals surface area contributed by atoms with Gasteiger partial charge in [0.25, 0.3) is 6.01 Å². The van der Waals surface area contributed by atoms with Crippen molar-refractivity contribution in [2.24, 2.45) is 0 Å². The first kappa shape index (κ1) is 12.5. The molecule has 0 radical (unpaired) electrons. The lowest BCUT2D eigenvalue weighted by molar-refractivity contribution is 0.474. The van der Waals surface area contributed by atoms with E-state index in [1.807, 2.05) is 6.07 Å². The lowest BCUT2D eigenvalue weighted by Crippen LogP contribution is -2.04. The molecule has 0 amide bonds. The minimum atomic E-state index is -0.336. The van der Waals surface area contributed by atoms with Gasteiger partial charge in [0.2, 0.25) is 0 Å². The van der Waals surface area contributed by atoms with Crippen molar-refractivity contribution in [1.82, 2.24) is 4.98 Å². The largest absolute Gasteiger partial charge is 0.508 e. The van der Waals surface area contributed by atoms with Crippen molar-refractivity contribution < 1.29 is 13.9 Å². The van der Waals surface area contributed by atoms with E-state index in [1.165, 1.54) is 12.1 Å². The lowest BCUT2D eigenvalue weighted by atomic mass is 10.1. The van der Waals surface area contributed by atoms with E-state index in [-0.39, 0.29) is 11.6 Å². The topological polar surface area (TPSA) is 58.3 Å². The molecule has 20 heavy (non-hydrogen) atoms. The second kappa shape index (κ2) is 5.21. The minimum absolute atomic E-state index is 0.250. The third-order valence-corrected chi connectivity index (χ3v) is 2.95. The van der Waals surface area contributed by atoms with Crippen LogP contribution in [0.15, 0.2) is 46.9 Å². The van der Waals surface area contributed by atoms with E-state index in [4.69, 9.17) is 4.42 Å². The van der Waals surface area contributed by atoms with Crippen LogP contribution >= 0.6 is 0 Å². The number of fused-ring (bicyclic) bond motifs is 1. The Morgan fingerprint density at radius 2 is 2.10 bits per heavy atom. The summed E-state index contributed by atoms with van der Waals surface area (Å²) in [4.78, 5) is 4.16. The van der Waals surface area contributed by atoms with E-state index in [2.05, 4.69) is 10.3 Å². The molecule has 2 aromatic carbocycles. The van der Waals surface area contributed by atoms with Gasteiger partial charge in [0, 0.05) is 12.6 Å². The van der Waals surface area contributed by atoms with Gasteiger partial charge in [-0.05, 0) is 36.2 Å². The fourth-order valence-electron chi connectivity index (χ4n) is 2.00. The zero-order valence-corrected chi connectivity index (χ0v) is 10.6. The van der Waals surface area contributed by atoms with Gasteiger partial charge in [-0.3, -0.25) is 0 Å². The van der Waals surface area contributed by atoms with Crippen LogP contribution in [0.25, 0.3) is 11.1 Å². The van der Waals surface area contributed by atoms with Crippen LogP contribution in [-0.2, 0) is 6.42 Å². The van der Waals surface area contributed by atoms with Crippen LogP contribution in [0.4, 0.5) is 10.4 Å². The second-order valence-electron chi connectivity index (χ2n) is 4.48. The van der Waals surface area contributed by atoms with E-state index in [1.54, 1.807) is 24.3 Å². The Morgan fingerprint density at radius 1 is 1.20 bits per heavy atom. The number of nitrogens with one attached hydrogen (secondary N) is 1. The number of aromatic hydroxyl groups is 1. The first-order valence-electron chi connectivity index (χ1n) is 6.28. The average Bonchev–Trinajstić information content (AvgIpc) is 2.80. The van der Waals surface area contributed by atoms with E-state index < -0.39 is 0 Å². The van der Waals surface area contributed by atoms with Crippen molar-refractivity contribution in [1.29, 1.82) is 0 Å². The van der Waals surface area contributed by atoms with E-state index in [0.29, 0.717) is 23.7 Å². The van der Waals surface area contributed by atoms with Gasteiger partial charge in [0.1, 0.15) is 17.1 Å². The molecule has 0 aliphatic rings. The summed E-state index contributed by atoms with van der Waals surface area (Å²) in [6, 6.07) is 11.7. The summed E-state index contributed by atoms with van der Waals surface area (Å²) in [5, 5.41) is 12.4. The van der Waals surface area contributed by atoms with Crippen molar-refractivity contribution in [2.45, 2.75) is 6.42 Å². The SMILES string of the molecule is Oc1cccc(CCNc2nc3cc(F)ccc3o2)c1. The average molecular weight is 272 g/mol. The molecule has 4 nitrogen and oxygen atoms in total. The van der Waals surface area contributed by atoms with Crippen molar-refractivity contribution >= 4 is 17.1 Å². The van der Waals surface area contributed by atoms with E-state index in [9.17, 15) is 9.50 Å². The van der Waals surface area contributed by atoms with Crippen LogP contribution in [0, 0.1) is 5.82 Å². The van der Waals surface area contributed by atoms with Gasteiger partial charge in [0.05, 0.1) is 0 Å². The molecule has 1 heterocycles. The van der Waals surface area contributed by atoms with Crippen molar-refractivity contribution in [3.63, 3.8) is 0 Å². The number of rotatable bonds is 4. The third kappa shape index (κ3) is 2.71. The molecular formula is C15H13FN2O2. The highest BCUT2D eigenvalue weighted by Crippen LogP contribution is 2.19. The van der Waals surface area contributed by atoms with Gasteiger partial charge in [0.15, 0.2) is 5.58 Å². The van der Waals surface area contributed by atoms with E-state index in [0.717, 1.165) is 12.0 Å². The molecule has 0 fully saturated rings. The number of hydrogen-bond acceptors (Lipinski definition) is 4. The second-order valence-corrected chi connectivity index (χ2v) is 4.48. The Balaban J connectivity index is 1.65. The molecule has 0 bridgehead atoms. The van der Waals surface area contributed by atoms with Gasteiger partial charge < -0.3 is 14.8 Å². The van der Waals surface area contributed by atoms with Gasteiger partial charge in [-0.25, -0.2) is 4.39 Å². The fraction of sp³-hybridized carbons (Fsp3) is 0.133. The molecule has 0 aliphatic heterocycles. The summed E-state index contributed by atoms with van der Waals surface area (Å²) in [5.41, 5.74) is 2.05.